The first kappa shape index (κ1) is 44.0. The highest BCUT2D eigenvalue weighted by Gasteiger charge is 2.39. The average molecular weight is 803 g/mol. The molecule has 1 aliphatic carbocycles. The molecule has 0 aromatic heterocycles. The summed E-state index contributed by atoms with van der Waals surface area (Å²) in [4.78, 5) is 26.3. The van der Waals surface area contributed by atoms with Gasteiger partial charge < -0.3 is 36.6 Å². The van der Waals surface area contributed by atoms with Crippen LogP contribution in [0, 0.1) is 17.8 Å². The van der Waals surface area contributed by atoms with Crippen LogP contribution in [0.2, 0.25) is 0 Å². The maximum Gasteiger partial charge on any atom is 0.163 e. The van der Waals surface area contributed by atoms with E-state index in [2.05, 4.69) is 71.5 Å². The van der Waals surface area contributed by atoms with Gasteiger partial charge in [-0.25, -0.2) is 0 Å². The summed E-state index contributed by atoms with van der Waals surface area (Å²) in [6.45, 7) is 1.84. The van der Waals surface area contributed by atoms with Crippen molar-refractivity contribution in [3.63, 3.8) is 0 Å². The standard InChI is InChI=1S/C50H66N4O5/c1-52-47-21-20-38-31-53-23-22-44(38)45(47)15-8-4-7-14-42(56)29-43(57)26-41(33-55)46-30-49(59-2)48(58)27-39(46)25-40-32-54-50(51)28-37(40)19-18-36-13-9-12-35(24-36)17-16-34-10-5-3-6-11-34/h3,5-6,9-13,24,26-28,30,32,38,44-45,47,50,52-55,58H,4,7-8,14-23,25,29,31,33,51H2,1-2H3/b41-26+/t38-,44+,45-,47-,50?/m1/s1. The van der Waals surface area contributed by atoms with Gasteiger partial charge in [0, 0.05) is 18.7 Å². The Labute approximate surface area is 351 Å². The fourth-order valence-corrected chi connectivity index (χ4v) is 9.77. The zero-order valence-electron chi connectivity index (χ0n) is 35.2. The second-order valence-corrected chi connectivity index (χ2v) is 16.9. The first-order valence-electron chi connectivity index (χ1n) is 21.9. The third-order valence-electron chi connectivity index (χ3n) is 12.9. The summed E-state index contributed by atoms with van der Waals surface area (Å²) in [5.74, 6) is 2.02. The molecule has 2 heterocycles. The highest BCUT2D eigenvalue weighted by molar-refractivity contribution is 6.07. The first-order chi connectivity index (χ1) is 28.7. The second-order valence-electron chi connectivity index (χ2n) is 16.9. The predicted octanol–water partition coefficient (Wildman–Crippen LogP) is 7.14. The lowest BCUT2D eigenvalue weighted by molar-refractivity contribution is -0.124. The summed E-state index contributed by atoms with van der Waals surface area (Å²) in [6, 6.07) is 23.2. The van der Waals surface area contributed by atoms with E-state index >= 15 is 0 Å². The van der Waals surface area contributed by atoms with Crippen LogP contribution in [-0.2, 0) is 35.3 Å². The van der Waals surface area contributed by atoms with Gasteiger partial charge in [-0.2, -0.15) is 0 Å². The molecule has 1 saturated carbocycles. The number of unbranched alkanes of at least 4 members (excludes halogenated alkanes) is 2. The Morgan fingerprint density at radius 1 is 0.915 bits per heavy atom. The van der Waals surface area contributed by atoms with Gasteiger partial charge in [0.05, 0.1) is 26.3 Å². The molecule has 6 rings (SSSR count). The summed E-state index contributed by atoms with van der Waals surface area (Å²) in [6.07, 6.45) is 17.0. The number of aromatic hydroxyl groups is 1. The van der Waals surface area contributed by atoms with Gasteiger partial charge in [0.15, 0.2) is 17.3 Å². The van der Waals surface area contributed by atoms with Crippen LogP contribution in [0.5, 0.6) is 11.5 Å². The molecule has 9 heteroatoms. The number of dihydropyridines is 1. The summed E-state index contributed by atoms with van der Waals surface area (Å²) in [7, 11) is 3.56. The van der Waals surface area contributed by atoms with Gasteiger partial charge >= 0.3 is 0 Å². The lowest BCUT2D eigenvalue weighted by Crippen LogP contribution is -2.50. The van der Waals surface area contributed by atoms with E-state index in [-0.39, 0.29) is 35.7 Å². The number of hydrogen-bond donors (Lipinski definition) is 6. The first-order valence-corrected chi connectivity index (χ1v) is 21.9. The molecule has 2 aliphatic heterocycles. The molecule has 0 bridgehead atoms. The second kappa shape index (κ2) is 22.2. The van der Waals surface area contributed by atoms with Gasteiger partial charge in [-0.1, -0.05) is 67.4 Å². The molecule has 2 fully saturated rings. The number of aliphatic hydroxyl groups excluding tert-OH is 1. The van der Waals surface area contributed by atoms with E-state index in [0.29, 0.717) is 41.5 Å². The van der Waals surface area contributed by atoms with Crippen LogP contribution < -0.4 is 26.4 Å². The van der Waals surface area contributed by atoms with Crippen molar-refractivity contribution >= 4 is 17.1 Å². The number of nitrogens with one attached hydrogen (secondary N) is 3. The van der Waals surface area contributed by atoms with Gasteiger partial charge in [0.25, 0.3) is 0 Å². The summed E-state index contributed by atoms with van der Waals surface area (Å²) in [5, 5.41) is 31.9. The number of benzene rings is 3. The Kier molecular flexibility index (Phi) is 16.5. The quantitative estimate of drug-likeness (QED) is 0.0376. The van der Waals surface area contributed by atoms with Gasteiger partial charge in [-0.3, -0.25) is 9.59 Å². The number of phenolic OH excluding ortho intramolecular Hbond substituents is 1. The van der Waals surface area contributed by atoms with Gasteiger partial charge in [0.2, 0.25) is 0 Å². The number of nitrogens with two attached hydrogens (primary N) is 1. The number of Topliss-reactive ketones (excluding diaryl/α,β-unsaturated/α-hetero) is 1. The van der Waals surface area contributed by atoms with E-state index in [0.717, 1.165) is 81.0 Å². The molecule has 316 valence electrons. The van der Waals surface area contributed by atoms with Crippen LogP contribution in [0.15, 0.2) is 96.2 Å². The summed E-state index contributed by atoms with van der Waals surface area (Å²) in [5.41, 5.74) is 14.0. The molecule has 1 unspecified atom stereocenters. The third-order valence-corrected chi connectivity index (χ3v) is 12.9. The average Bonchev–Trinajstić information content (AvgIpc) is 3.25. The van der Waals surface area contributed by atoms with Crippen LogP contribution in [0.25, 0.3) is 5.57 Å². The van der Waals surface area contributed by atoms with Crippen LogP contribution >= 0.6 is 0 Å². The molecule has 5 atom stereocenters. The maximum absolute atomic E-state index is 13.3. The van der Waals surface area contributed by atoms with Crippen molar-refractivity contribution < 1.29 is 24.5 Å². The van der Waals surface area contributed by atoms with Crippen molar-refractivity contribution in [2.75, 3.05) is 33.9 Å². The van der Waals surface area contributed by atoms with Crippen LogP contribution in [0.1, 0.15) is 92.0 Å². The molecule has 59 heavy (non-hydrogen) atoms. The number of rotatable bonds is 21. The maximum atomic E-state index is 13.3. The number of methoxy groups -OCH3 is 1. The number of aliphatic hydroxyl groups is 1. The van der Waals surface area contributed by atoms with Crippen LogP contribution in [0.3, 0.4) is 0 Å². The molecular formula is C50H66N4O5. The number of hydrogen-bond acceptors (Lipinski definition) is 9. The van der Waals surface area contributed by atoms with E-state index in [9.17, 15) is 19.8 Å². The fraction of sp³-hybridized carbons (Fsp3) is 0.480. The molecule has 1 saturated heterocycles. The molecule has 3 aromatic rings. The van der Waals surface area contributed by atoms with Crippen LogP contribution in [0.4, 0.5) is 0 Å². The number of carbonyl (C=O) groups excluding carboxylic acids is 2. The topological polar surface area (TPSA) is 146 Å². The Hall–Kier alpha value is -4.54. The Balaban J connectivity index is 1.06. The Morgan fingerprint density at radius 2 is 1.68 bits per heavy atom. The number of ketones is 2. The summed E-state index contributed by atoms with van der Waals surface area (Å²) >= 11 is 0. The molecule has 3 aliphatic rings. The van der Waals surface area contributed by atoms with E-state index in [4.69, 9.17) is 10.5 Å². The number of allylic oxidation sites excluding steroid dienone is 3. The fourth-order valence-electron chi connectivity index (χ4n) is 9.77. The van der Waals surface area contributed by atoms with Crippen LogP contribution in [-0.4, -0.2) is 67.8 Å². The van der Waals surface area contributed by atoms with Crippen molar-refractivity contribution in [2.45, 2.75) is 102 Å². The number of carbonyl (C=O) groups is 2. The number of piperidine rings is 1. The van der Waals surface area contributed by atoms with Gasteiger partial charge in [-0.15, -0.1) is 0 Å². The predicted molar refractivity (Wildman–Crippen MR) is 237 cm³/mol. The largest absolute Gasteiger partial charge is 0.504 e. The van der Waals surface area contributed by atoms with E-state index in [1.165, 1.54) is 55.6 Å². The number of fused-ring (bicyclic) bond motifs is 1. The molecule has 9 nitrogen and oxygen atoms in total. The van der Waals surface area contributed by atoms with E-state index in [1.807, 2.05) is 18.3 Å². The minimum Gasteiger partial charge on any atom is -0.504 e. The monoisotopic (exact) mass is 803 g/mol. The SMILES string of the molecule is CN[C@@H]1CC[C@@H]2CNCC[C@@H]2[C@H]1CCCCCC(=O)CC(=O)/C=C(\CO)c1cc(OC)c(O)cc1CC1=CNC(N)C=C1CCc1cccc(CCc2ccccc2)c1. The third kappa shape index (κ3) is 12.5. The van der Waals surface area contributed by atoms with Gasteiger partial charge in [-0.05, 0) is 171 Å². The lowest BCUT2D eigenvalue weighted by atomic mass is 9.65. The van der Waals surface area contributed by atoms with Crippen molar-refractivity contribution in [1.82, 2.24) is 16.0 Å². The summed E-state index contributed by atoms with van der Waals surface area (Å²) < 4.78 is 5.45. The van der Waals surface area contributed by atoms with Gasteiger partial charge in [0.1, 0.15) is 5.78 Å². The zero-order valence-corrected chi connectivity index (χ0v) is 35.2. The molecule has 0 amide bonds. The smallest absolute Gasteiger partial charge is 0.163 e. The number of aryl methyl sites for hydroxylation is 3. The highest BCUT2D eigenvalue weighted by Crippen LogP contribution is 2.41. The minimum absolute atomic E-state index is 0.0375. The molecule has 7 N–H and O–H groups in total. The highest BCUT2D eigenvalue weighted by atomic mass is 16.5. The lowest BCUT2D eigenvalue weighted by Gasteiger charge is -2.46. The van der Waals surface area contributed by atoms with Crippen molar-refractivity contribution in [1.29, 1.82) is 0 Å². The van der Waals surface area contributed by atoms with Crippen molar-refractivity contribution in [3.8, 4) is 11.5 Å². The van der Waals surface area contributed by atoms with Crippen molar-refractivity contribution in [2.24, 2.45) is 23.5 Å². The van der Waals surface area contributed by atoms with E-state index in [1.54, 1.807) is 12.1 Å². The Bertz CT molecular complexity index is 1960. The van der Waals surface area contributed by atoms with E-state index < -0.39 is 6.61 Å². The molecular weight excluding hydrogens is 737 g/mol. The molecule has 3 aromatic carbocycles. The zero-order chi connectivity index (χ0) is 41.6. The molecule has 0 spiro atoms. The minimum atomic E-state index is -0.418. The normalized spacial score (nSPS) is 21.8. The molecule has 0 radical (unpaired) electrons. The Morgan fingerprint density at radius 3 is 2.44 bits per heavy atom. The number of ether oxygens (including phenoxy) is 1. The number of phenols is 1. The van der Waals surface area contributed by atoms with Crippen molar-refractivity contribution in [3.05, 3.63) is 124 Å².